The van der Waals surface area contributed by atoms with Crippen LogP contribution in [0.1, 0.15) is 21.6 Å². The molecular formula is C15H12BrN3O. The molecule has 2 aromatic rings. The van der Waals surface area contributed by atoms with E-state index in [-0.39, 0.29) is 11.6 Å². The van der Waals surface area contributed by atoms with E-state index < -0.39 is 0 Å². The molecular weight excluding hydrogens is 318 g/mol. The van der Waals surface area contributed by atoms with E-state index in [2.05, 4.69) is 20.9 Å². The summed E-state index contributed by atoms with van der Waals surface area (Å²) >= 11 is 3.40. The van der Waals surface area contributed by atoms with Crippen molar-refractivity contribution in [3.8, 4) is 6.07 Å². The van der Waals surface area contributed by atoms with E-state index in [0.717, 1.165) is 10.0 Å². The maximum Gasteiger partial charge on any atom is 0.272 e. The minimum Gasteiger partial charge on any atom is -0.336 e. The molecule has 0 atom stereocenters. The molecule has 2 rings (SSSR count). The Labute approximate surface area is 125 Å². The molecule has 1 aromatic carbocycles. The molecule has 0 N–H and O–H groups in total. The first-order valence-electron chi connectivity index (χ1n) is 5.96. The zero-order valence-electron chi connectivity index (χ0n) is 10.9. The zero-order chi connectivity index (χ0) is 14.5. The van der Waals surface area contributed by atoms with Crippen LogP contribution in [0.15, 0.2) is 47.1 Å². The minimum absolute atomic E-state index is 0.206. The number of benzene rings is 1. The highest BCUT2D eigenvalue weighted by atomic mass is 79.9. The highest BCUT2D eigenvalue weighted by molar-refractivity contribution is 9.10. The van der Waals surface area contributed by atoms with Crippen molar-refractivity contribution < 1.29 is 4.79 Å². The molecule has 0 aliphatic heterocycles. The number of rotatable bonds is 3. The van der Waals surface area contributed by atoms with E-state index >= 15 is 0 Å². The van der Waals surface area contributed by atoms with E-state index in [0.29, 0.717) is 12.1 Å². The van der Waals surface area contributed by atoms with Crippen molar-refractivity contribution >= 4 is 21.8 Å². The summed E-state index contributed by atoms with van der Waals surface area (Å²) in [7, 11) is 1.71. The molecule has 0 saturated carbocycles. The first-order chi connectivity index (χ1) is 9.60. The van der Waals surface area contributed by atoms with Crippen molar-refractivity contribution in [3.63, 3.8) is 0 Å². The van der Waals surface area contributed by atoms with E-state index in [1.54, 1.807) is 18.0 Å². The fraction of sp³-hybridized carbons (Fsp3) is 0.133. The van der Waals surface area contributed by atoms with Gasteiger partial charge in [0, 0.05) is 24.3 Å². The molecule has 4 nitrogen and oxygen atoms in total. The van der Waals surface area contributed by atoms with Gasteiger partial charge in [-0.1, -0.05) is 28.1 Å². The van der Waals surface area contributed by atoms with Gasteiger partial charge < -0.3 is 4.90 Å². The molecule has 0 spiro atoms. The van der Waals surface area contributed by atoms with Gasteiger partial charge in [0.05, 0.1) is 11.6 Å². The third-order valence-electron chi connectivity index (χ3n) is 2.76. The number of amides is 1. The molecule has 1 aromatic heterocycles. The SMILES string of the molecule is CN(Cc1cccc(Br)c1)C(=O)c1cc(C#N)ccn1. The first-order valence-corrected chi connectivity index (χ1v) is 6.75. The lowest BCUT2D eigenvalue weighted by Gasteiger charge is -2.17. The fourth-order valence-electron chi connectivity index (χ4n) is 1.79. The average molecular weight is 330 g/mol. The lowest BCUT2D eigenvalue weighted by Crippen LogP contribution is -2.27. The smallest absolute Gasteiger partial charge is 0.272 e. The molecule has 0 aliphatic rings. The Hall–Kier alpha value is -2.19. The monoisotopic (exact) mass is 329 g/mol. The van der Waals surface area contributed by atoms with Crippen LogP contribution in [0.5, 0.6) is 0 Å². The van der Waals surface area contributed by atoms with Crippen LogP contribution >= 0.6 is 15.9 Å². The number of nitrogens with zero attached hydrogens (tertiary/aromatic N) is 3. The van der Waals surface area contributed by atoms with Crippen molar-refractivity contribution in [2.75, 3.05) is 7.05 Å². The number of hydrogen-bond acceptors (Lipinski definition) is 3. The predicted octanol–water partition coefficient (Wildman–Crippen LogP) is 2.99. The number of pyridine rings is 1. The van der Waals surface area contributed by atoms with Gasteiger partial charge in [0.25, 0.3) is 5.91 Å². The van der Waals surface area contributed by atoms with E-state index in [9.17, 15) is 4.79 Å². The Morgan fingerprint density at radius 1 is 1.40 bits per heavy atom. The lowest BCUT2D eigenvalue weighted by molar-refractivity contribution is 0.0779. The molecule has 1 amide bonds. The summed E-state index contributed by atoms with van der Waals surface area (Å²) in [6, 6.07) is 12.8. The largest absolute Gasteiger partial charge is 0.336 e. The Kier molecular flexibility index (Phi) is 4.49. The highest BCUT2D eigenvalue weighted by Crippen LogP contribution is 2.14. The maximum absolute atomic E-state index is 12.2. The number of carbonyl (C=O) groups is 1. The standard InChI is InChI=1S/C15H12BrN3O/c1-19(10-12-3-2-4-13(16)7-12)15(20)14-8-11(9-17)5-6-18-14/h2-8H,10H2,1H3. The van der Waals surface area contributed by atoms with Crippen molar-refractivity contribution in [1.29, 1.82) is 5.26 Å². The van der Waals surface area contributed by atoms with Crippen molar-refractivity contribution in [2.45, 2.75) is 6.54 Å². The molecule has 0 radical (unpaired) electrons. The van der Waals surface area contributed by atoms with Gasteiger partial charge in [-0.15, -0.1) is 0 Å². The number of nitriles is 1. The fourth-order valence-corrected chi connectivity index (χ4v) is 2.24. The third-order valence-corrected chi connectivity index (χ3v) is 3.26. The van der Waals surface area contributed by atoms with Gasteiger partial charge in [0.2, 0.25) is 0 Å². The van der Waals surface area contributed by atoms with Crippen molar-refractivity contribution in [1.82, 2.24) is 9.88 Å². The van der Waals surface area contributed by atoms with Crippen LogP contribution in [0.25, 0.3) is 0 Å². The molecule has 0 aliphatic carbocycles. The number of carbonyl (C=O) groups excluding carboxylic acids is 1. The summed E-state index contributed by atoms with van der Waals surface area (Å²) in [5, 5.41) is 8.84. The zero-order valence-corrected chi connectivity index (χ0v) is 12.5. The van der Waals surface area contributed by atoms with Crippen LogP contribution < -0.4 is 0 Å². The summed E-state index contributed by atoms with van der Waals surface area (Å²) in [4.78, 5) is 17.8. The second-order valence-corrected chi connectivity index (χ2v) is 5.25. The molecule has 20 heavy (non-hydrogen) atoms. The highest BCUT2D eigenvalue weighted by Gasteiger charge is 2.14. The van der Waals surface area contributed by atoms with Gasteiger partial charge in [-0.05, 0) is 29.8 Å². The average Bonchev–Trinajstić information content (AvgIpc) is 2.46. The minimum atomic E-state index is -0.206. The quantitative estimate of drug-likeness (QED) is 0.869. The second kappa shape index (κ2) is 6.31. The molecule has 0 fully saturated rings. The first kappa shape index (κ1) is 14.2. The summed E-state index contributed by atoms with van der Waals surface area (Å²) in [5.41, 5.74) is 1.73. The number of aromatic nitrogens is 1. The van der Waals surface area contributed by atoms with Crippen molar-refractivity contribution in [3.05, 3.63) is 63.9 Å². The van der Waals surface area contributed by atoms with Crippen LogP contribution in [0.4, 0.5) is 0 Å². The Morgan fingerprint density at radius 3 is 2.90 bits per heavy atom. The van der Waals surface area contributed by atoms with Crippen LogP contribution in [0.2, 0.25) is 0 Å². The van der Waals surface area contributed by atoms with Crippen LogP contribution in [0.3, 0.4) is 0 Å². The molecule has 0 unspecified atom stereocenters. The van der Waals surface area contributed by atoms with Crippen LogP contribution in [0, 0.1) is 11.3 Å². The summed E-state index contributed by atoms with van der Waals surface area (Å²) in [6.45, 7) is 0.483. The van der Waals surface area contributed by atoms with Crippen molar-refractivity contribution in [2.24, 2.45) is 0 Å². The van der Waals surface area contributed by atoms with Gasteiger partial charge in [-0.2, -0.15) is 5.26 Å². The summed E-state index contributed by atoms with van der Waals surface area (Å²) < 4.78 is 0.973. The molecule has 5 heteroatoms. The van der Waals surface area contributed by atoms with Gasteiger partial charge in [-0.3, -0.25) is 9.78 Å². The predicted molar refractivity (Wildman–Crippen MR) is 78.9 cm³/mol. The number of hydrogen-bond donors (Lipinski definition) is 0. The van der Waals surface area contributed by atoms with Gasteiger partial charge in [0.1, 0.15) is 5.69 Å². The lowest BCUT2D eigenvalue weighted by atomic mass is 10.2. The number of halogens is 1. The second-order valence-electron chi connectivity index (χ2n) is 4.33. The van der Waals surface area contributed by atoms with Crippen LogP contribution in [-0.2, 0) is 6.54 Å². The Bertz CT molecular complexity index is 679. The Balaban J connectivity index is 2.14. The normalized spacial score (nSPS) is 9.85. The van der Waals surface area contributed by atoms with Gasteiger partial charge >= 0.3 is 0 Å². The summed E-state index contributed by atoms with van der Waals surface area (Å²) in [5.74, 6) is -0.206. The van der Waals surface area contributed by atoms with E-state index in [1.165, 1.54) is 12.3 Å². The topological polar surface area (TPSA) is 57.0 Å². The third kappa shape index (κ3) is 3.43. The molecule has 100 valence electrons. The van der Waals surface area contributed by atoms with Gasteiger partial charge in [-0.25, -0.2) is 0 Å². The maximum atomic E-state index is 12.2. The van der Waals surface area contributed by atoms with E-state index in [1.807, 2.05) is 30.3 Å². The molecule has 0 saturated heterocycles. The molecule has 1 heterocycles. The van der Waals surface area contributed by atoms with Crippen LogP contribution in [-0.4, -0.2) is 22.8 Å². The van der Waals surface area contributed by atoms with E-state index in [4.69, 9.17) is 5.26 Å². The molecule has 0 bridgehead atoms. The Morgan fingerprint density at radius 2 is 2.20 bits per heavy atom. The van der Waals surface area contributed by atoms with Gasteiger partial charge in [0.15, 0.2) is 0 Å². The summed E-state index contributed by atoms with van der Waals surface area (Å²) in [6.07, 6.45) is 1.47.